The van der Waals surface area contributed by atoms with Gasteiger partial charge in [-0.2, -0.15) is 0 Å². The Morgan fingerprint density at radius 3 is 2.35 bits per heavy atom. The van der Waals surface area contributed by atoms with Crippen LogP contribution in [0.5, 0.6) is 0 Å². The molecular formula is C11H13BrClNO3. The molecule has 1 amide bonds. The van der Waals surface area contributed by atoms with E-state index < -0.39 is 0 Å². The minimum absolute atomic E-state index is 0.138. The van der Waals surface area contributed by atoms with E-state index in [1.54, 1.807) is 18.2 Å². The summed E-state index contributed by atoms with van der Waals surface area (Å²) in [6.45, 7) is 0.111. The van der Waals surface area contributed by atoms with Crippen molar-refractivity contribution in [2.75, 3.05) is 26.3 Å². The zero-order chi connectivity index (χ0) is 12.8. The fraction of sp³-hybridized carbons (Fsp3) is 0.364. The second kappa shape index (κ2) is 6.96. The number of amides is 1. The van der Waals surface area contributed by atoms with E-state index in [0.717, 1.165) is 0 Å². The van der Waals surface area contributed by atoms with Gasteiger partial charge in [-0.05, 0) is 34.1 Å². The van der Waals surface area contributed by atoms with Gasteiger partial charge in [0.2, 0.25) is 0 Å². The maximum Gasteiger partial charge on any atom is 0.254 e. The van der Waals surface area contributed by atoms with Crippen LogP contribution in [-0.2, 0) is 0 Å². The maximum absolute atomic E-state index is 12.0. The molecule has 0 aliphatic heterocycles. The minimum atomic E-state index is -0.245. The number of halogens is 2. The van der Waals surface area contributed by atoms with E-state index in [0.29, 0.717) is 15.1 Å². The molecule has 94 valence electrons. The molecular weight excluding hydrogens is 309 g/mol. The van der Waals surface area contributed by atoms with Crippen molar-refractivity contribution >= 4 is 33.4 Å². The summed E-state index contributed by atoms with van der Waals surface area (Å²) in [7, 11) is 0. The molecule has 0 spiro atoms. The summed E-state index contributed by atoms with van der Waals surface area (Å²) in [5.74, 6) is -0.245. The van der Waals surface area contributed by atoms with E-state index in [-0.39, 0.29) is 32.2 Å². The molecule has 1 aromatic rings. The molecule has 0 aliphatic carbocycles. The first-order valence-electron chi connectivity index (χ1n) is 5.06. The molecule has 1 aromatic carbocycles. The lowest BCUT2D eigenvalue weighted by molar-refractivity contribution is 0.0685. The fourth-order valence-corrected chi connectivity index (χ4v) is 1.86. The summed E-state index contributed by atoms with van der Waals surface area (Å²) in [5, 5.41) is 18.2. The van der Waals surface area contributed by atoms with Gasteiger partial charge in [-0.1, -0.05) is 11.6 Å². The van der Waals surface area contributed by atoms with E-state index in [4.69, 9.17) is 21.8 Å². The van der Waals surface area contributed by atoms with Gasteiger partial charge in [-0.3, -0.25) is 4.79 Å². The molecule has 0 radical (unpaired) electrons. The van der Waals surface area contributed by atoms with Crippen LogP contribution >= 0.6 is 27.5 Å². The Hall–Kier alpha value is -0.620. The summed E-state index contributed by atoms with van der Waals surface area (Å²) < 4.78 is 0.637. The number of carbonyl (C=O) groups is 1. The van der Waals surface area contributed by atoms with Gasteiger partial charge >= 0.3 is 0 Å². The minimum Gasteiger partial charge on any atom is -0.395 e. The molecule has 0 atom stereocenters. The van der Waals surface area contributed by atoms with Crippen molar-refractivity contribution in [3.8, 4) is 0 Å². The first kappa shape index (κ1) is 14.4. The van der Waals surface area contributed by atoms with Crippen molar-refractivity contribution in [2.24, 2.45) is 0 Å². The number of aliphatic hydroxyl groups excluding tert-OH is 2. The Balaban J connectivity index is 2.88. The molecule has 4 nitrogen and oxygen atoms in total. The summed E-state index contributed by atoms with van der Waals surface area (Å²) in [4.78, 5) is 13.4. The molecule has 0 heterocycles. The summed E-state index contributed by atoms with van der Waals surface area (Å²) >= 11 is 9.08. The third-order valence-electron chi connectivity index (χ3n) is 2.19. The smallest absolute Gasteiger partial charge is 0.254 e. The molecule has 0 saturated carbocycles. The van der Waals surface area contributed by atoms with Crippen LogP contribution in [0.15, 0.2) is 22.7 Å². The van der Waals surface area contributed by atoms with Gasteiger partial charge in [0.25, 0.3) is 5.91 Å². The highest BCUT2D eigenvalue weighted by atomic mass is 79.9. The van der Waals surface area contributed by atoms with Gasteiger partial charge in [0.1, 0.15) is 0 Å². The zero-order valence-electron chi connectivity index (χ0n) is 9.07. The molecule has 0 aliphatic rings. The Bertz CT molecular complexity index is 394. The number of hydrogen-bond donors (Lipinski definition) is 2. The summed E-state index contributed by atoms with van der Waals surface area (Å²) in [6.07, 6.45) is 0. The number of carbonyl (C=O) groups excluding carboxylic acids is 1. The highest BCUT2D eigenvalue weighted by Gasteiger charge is 2.15. The SMILES string of the molecule is O=C(c1ccc(Cl)c(Br)c1)N(CCO)CCO. The van der Waals surface area contributed by atoms with Crippen molar-refractivity contribution < 1.29 is 15.0 Å². The molecule has 1 rings (SSSR count). The summed E-state index contributed by atoms with van der Waals surface area (Å²) in [5.41, 5.74) is 0.461. The zero-order valence-corrected chi connectivity index (χ0v) is 11.4. The lowest BCUT2D eigenvalue weighted by Crippen LogP contribution is -2.35. The van der Waals surface area contributed by atoms with Crippen molar-refractivity contribution in [2.45, 2.75) is 0 Å². The molecule has 0 unspecified atom stereocenters. The highest BCUT2D eigenvalue weighted by molar-refractivity contribution is 9.10. The third-order valence-corrected chi connectivity index (χ3v) is 3.41. The number of rotatable bonds is 5. The maximum atomic E-state index is 12.0. The topological polar surface area (TPSA) is 60.8 Å². The average molecular weight is 323 g/mol. The number of nitrogens with zero attached hydrogens (tertiary/aromatic N) is 1. The van der Waals surface area contributed by atoms with Gasteiger partial charge in [0, 0.05) is 23.1 Å². The van der Waals surface area contributed by atoms with Gasteiger partial charge in [0.15, 0.2) is 0 Å². The third kappa shape index (κ3) is 3.96. The number of aliphatic hydroxyl groups is 2. The fourth-order valence-electron chi connectivity index (χ4n) is 1.37. The quantitative estimate of drug-likeness (QED) is 0.864. The Morgan fingerprint density at radius 1 is 1.29 bits per heavy atom. The lowest BCUT2D eigenvalue weighted by atomic mass is 10.2. The largest absolute Gasteiger partial charge is 0.395 e. The second-order valence-electron chi connectivity index (χ2n) is 3.37. The number of benzene rings is 1. The molecule has 17 heavy (non-hydrogen) atoms. The van der Waals surface area contributed by atoms with Crippen LogP contribution in [0, 0.1) is 0 Å². The van der Waals surface area contributed by atoms with E-state index in [1.165, 1.54) is 4.90 Å². The molecule has 6 heteroatoms. The Morgan fingerprint density at radius 2 is 1.88 bits per heavy atom. The van der Waals surface area contributed by atoms with Gasteiger partial charge in [-0.25, -0.2) is 0 Å². The molecule has 0 saturated heterocycles. The standard InChI is InChI=1S/C11H13BrClNO3/c12-9-7-8(1-2-10(9)13)11(17)14(3-5-15)4-6-16/h1-2,7,15-16H,3-6H2. The van der Waals surface area contributed by atoms with E-state index in [9.17, 15) is 4.79 Å². The molecule has 0 bridgehead atoms. The molecule has 0 fully saturated rings. The van der Waals surface area contributed by atoms with E-state index in [1.807, 2.05) is 0 Å². The van der Waals surface area contributed by atoms with Crippen LogP contribution < -0.4 is 0 Å². The van der Waals surface area contributed by atoms with Gasteiger partial charge in [-0.15, -0.1) is 0 Å². The van der Waals surface area contributed by atoms with Crippen molar-refractivity contribution in [3.05, 3.63) is 33.3 Å². The van der Waals surface area contributed by atoms with Crippen LogP contribution in [0.2, 0.25) is 5.02 Å². The first-order valence-corrected chi connectivity index (χ1v) is 6.23. The summed E-state index contributed by atoms with van der Waals surface area (Å²) in [6, 6.07) is 4.85. The monoisotopic (exact) mass is 321 g/mol. The van der Waals surface area contributed by atoms with Crippen LogP contribution in [0.1, 0.15) is 10.4 Å². The molecule has 2 N–H and O–H groups in total. The normalized spacial score (nSPS) is 10.4. The lowest BCUT2D eigenvalue weighted by Gasteiger charge is -2.20. The van der Waals surface area contributed by atoms with Crippen LogP contribution in [-0.4, -0.2) is 47.3 Å². The van der Waals surface area contributed by atoms with Gasteiger partial charge in [0.05, 0.1) is 18.2 Å². The van der Waals surface area contributed by atoms with Crippen molar-refractivity contribution in [1.29, 1.82) is 0 Å². The Kier molecular flexibility index (Phi) is 5.91. The Labute approximate surface area is 113 Å². The number of hydrogen-bond acceptors (Lipinski definition) is 3. The predicted octanol–water partition coefficient (Wildman–Crippen LogP) is 1.53. The van der Waals surface area contributed by atoms with Crippen LogP contribution in [0.3, 0.4) is 0 Å². The van der Waals surface area contributed by atoms with Crippen molar-refractivity contribution in [3.63, 3.8) is 0 Å². The second-order valence-corrected chi connectivity index (χ2v) is 4.63. The highest BCUT2D eigenvalue weighted by Crippen LogP contribution is 2.23. The first-order chi connectivity index (χ1) is 8.10. The van der Waals surface area contributed by atoms with E-state index >= 15 is 0 Å². The van der Waals surface area contributed by atoms with Crippen LogP contribution in [0.25, 0.3) is 0 Å². The average Bonchev–Trinajstić information content (AvgIpc) is 2.31. The van der Waals surface area contributed by atoms with Crippen LogP contribution in [0.4, 0.5) is 0 Å². The van der Waals surface area contributed by atoms with E-state index in [2.05, 4.69) is 15.9 Å². The van der Waals surface area contributed by atoms with Crippen molar-refractivity contribution in [1.82, 2.24) is 4.90 Å². The van der Waals surface area contributed by atoms with Gasteiger partial charge < -0.3 is 15.1 Å². The predicted molar refractivity (Wildman–Crippen MR) is 69.2 cm³/mol. The molecule has 0 aromatic heterocycles.